The van der Waals surface area contributed by atoms with Gasteiger partial charge in [-0.2, -0.15) is 0 Å². The minimum atomic E-state index is -0.541. The molecule has 0 N–H and O–H groups in total. The smallest absolute Gasteiger partial charge is 0.413 e. The number of halogens is 1. The fourth-order valence-corrected chi connectivity index (χ4v) is 1.61. The molecule has 0 heterocycles. The summed E-state index contributed by atoms with van der Waals surface area (Å²) in [5.41, 5.74) is 0.450. The van der Waals surface area contributed by atoms with Gasteiger partial charge in [0.15, 0.2) is 0 Å². The SMILES string of the molecule is COC(=O)N(C)c1ccc([N+](=O)[O-])c(Br)c1. The quantitative estimate of drug-likeness (QED) is 0.619. The Morgan fingerprint density at radius 3 is 2.62 bits per heavy atom. The molecule has 0 saturated carbocycles. The maximum atomic E-state index is 11.2. The van der Waals surface area contributed by atoms with Crippen LogP contribution in [0.2, 0.25) is 0 Å². The summed E-state index contributed by atoms with van der Waals surface area (Å²) in [6.07, 6.45) is -0.541. The van der Waals surface area contributed by atoms with Crippen molar-refractivity contribution in [1.29, 1.82) is 0 Å². The predicted octanol–water partition coefficient (Wildman–Crippen LogP) is 2.56. The minimum Gasteiger partial charge on any atom is -0.452 e. The van der Waals surface area contributed by atoms with Crippen molar-refractivity contribution >= 4 is 33.4 Å². The van der Waals surface area contributed by atoms with Crippen LogP contribution >= 0.6 is 15.9 Å². The van der Waals surface area contributed by atoms with Gasteiger partial charge in [0.1, 0.15) is 0 Å². The fraction of sp³-hybridized carbons (Fsp3) is 0.222. The molecular weight excluding hydrogens is 280 g/mol. The number of hydrogen-bond acceptors (Lipinski definition) is 4. The number of methoxy groups -OCH3 is 1. The number of nitro groups is 1. The summed E-state index contributed by atoms with van der Waals surface area (Å²) in [7, 11) is 2.78. The number of amides is 1. The van der Waals surface area contributed by atoms with E-state index >= 15 is 0 Å². The first-order chi connectivity index (χ1) is 7.47. The highest BCUT2D eigenvalue weighted by Crippen LogP contribution is 2.29. The molecule has 16 heavy (non-hydrogen) atoms. The Kier molecular flexibility index (Phi) is 3.83. The molecule has 7 heteroatoms. The number of nitro benzene ring substituents is 1. The maximum absolute atomic E-state index is 11.2. The minimum absolute atomic E-state index is 0.0537. The van der Waals surface area contributed by atoms with Crippen LogP contribution in [-0.2, 0) is 4.74 Å². The molecule has 0 saturated heterocycles. The van der Waals surface area contributed by atoms with Gasteiger partial charge in [-0.25, -0.2) is 4.79 Å². The molecular formula is C9H9BrN2O4. The lowest BCUT2D eigenvalue weighted by atomic mass is 10.3. The van der Waals surface area contributed by atoms with E-state index in [1.165, 1.54) is 37.3 Å². The second-order valence-electron chi connectivity index (χ2n) is 2.92. The Bertz CT molecular complexity index is 436. The van der Waals surface area contributed by atoms with Crippen LogP contribution in [0.25, 0.3) is 0 Å². The zero-order valence-electron chi connectivity index (χ0n) is 8.64. The Hall–Kier alpha value is -1.63. The van der Waals surface area contributed by atoms with Crippen LogP contribution in [-0.4, -0.2) is 25.2 Å². The van der Waals surface area contributed by atoms with Crippen molar-refractivity contribution in [2.24, 2.45) is 0 Å². The standard InChI is InChI=1S/C9H9BrN2O4/c1-11(9(13)16-2)6-3-4-8(12(14)15)7(10)5-6/h3-5H,1-2H3. The molecule has 0 spiro atoms. The number of carbonyl (C=O) groups excluding carboxylic acids is 1. The van der Waals surface area contributed by atoms with E-state index in [0.717, 1.165) is 0 Å². The zero-order chi connectivity index (χ0) is 12.3. The van der Waals surface area contributed by atoms with Crippen LogP contribution in [0.4, 0.5) is 16.2 Å². The van der Waals surface area contributed by atoms with Crippen LogP contribution in [0.5, 0.6) is 0 Å². The van der Waals surface area contributed by atoms with Gasteiger partial charge in [-0.3, -0.25) is 15.0 Å². The summed E-state index contributed by atoms with van der Waals surface area (Å²) in [5.74, 6) is 0. The van der Waals surface area contributed by atoms with Gasteiger partial charge in [-0.05, 0) is 28.1 Å². The highest BCUT2D eigenvalue weighted by Gasteiger charge is 2.16. The maximum Gasteiger partial charge on any atom is 0.413 e. The van der Waals surface area contributed by atoms with E-state index in [1.807, 2.05) is 0 Å². The average molecular weight is 289 g/mol. The summed E-state index contributed by atoms with van der Waals surface area (Å²) in [4.78, 5) is 22.5. The van der Waals surface area contributed by atoms with Crippen molar-refractivity contribution < 1.29 is 14.5 Å². The number of rotatable bonds is 2. The van der Waals surface area contributed by atoms with Gasteiger partial charge in [0, 0.05) is 18.8 Å². The van der Waals surface area contributed by atoms with E-state index in [4.69, 9.17) is 0 Å². The number of anilines is 1. The summed E-state index contributed by atoms with van der Waals surface area (Å²) in [5, 5.41) is 10.6. The molecule has 1 rings (SSSR count). The molecule has 1 aromatic carbocycles. The number of carbonyl (C=O) groups is 1. The molecule has 6 nitrogen and oxygen atoms in total. The molecule has 0 aromatic heterocycles. The van der Waals surface area contributed by atoms with Crippen LogP contribution in [0, 0.1) is 10.1 Å². The molecule has 0 fully saturated rings. The summed E-state index contributed by atoms with van der Waals surface area (Å²) >= 11 is 3.07. The molecule has 1 aromatic rings. The van der Waals surface area contributed by atoms with Gasteiger partial charge < -0.3 is 4.74 Å². The van der Waals surface area contributed by atoms with Gasteiger partial charge in [0.25, 0.3) is 5.69 Å². The van der Waals surface area contributed by atoms with Crippen LogP contribution in [0.3, 0.4) is 0 Å². The Labute approximate surface area is 100 Å². The Balaban J connectivity index is 3.06. The number of hydrogen-bond donors (Lipinski definition) is 0. The third-order valence-electron chi connectivity index (χ3n) is 1.96. The second-order valence-corrected chi connectivity index (χ2v) is 3.78. The van der Waals surface area contributed by atoms with Crippen LogP contribution in [0.15, 0.2) is 22.7 Å². The topological polar surface area (TPSA) is 72.7 Å². The van der Waals surface area contributed by atoms with E-state index in [9.17, 15) is 14.9 Å². The second kappa shape index (κ2) is 4.93. The van der Waals surface area contributed by atoms with E-state index < -0.39 is 11.0 Å². The number of nitrogens with zero attached hydrogens (tertiary/aromatic N) is 2. The lowest BCUT2D eigenvalue weighted by Crippen LogP contribution is -2.25. The predicted molar refractivity (Wildman–Crippen MR) is 61.6 cm³/mol. The van der Waals surface area contributed by atoms with Crippen molar-refractivity contribution in [2.45, 2.75) is 0 Å². The normalized spacial score (nSPS) is 9.69. The summed E-state index contributed by atoms with van der Waals surface area (Å²) in [6.45, 7) is 0. The lowest BCUT2D eigenvalue weighted by Gasteiger charge is -2.15. The molecule has 0 radical (unpaired) electrons. The van der Waals surface area contributed by atoms with Gasteiger partial charge >= 0.3 is 6.09 Å². The van der Waals surface area contributed by atoms with Crippen molar-refractivity contribution in [3.05, 3.63) is 32.8 Å². The van der Waals surface area contributed by atoms with Crippen molar-refractivity contribution in [1.82, 2.24) is 0 Å². The average Bonchev–Trinajstić information content (AvgIpc) is 2.26. The number of ether oxygens (including phenoxy) is 1. The van der Waals surface area contributed by atoms with E-state index in [2.05, 4.69) is 20.7 Å². The van der Waals surface area contributed by atoms with E-state index in [0.29, 0.717) is 10.2 Å². The molecule has 0 unspecified atom stereocenters. The first kappa shape index (κ1) is 12.4. The van der Waals surface area contributed by atoms with Gasteiger partial charge in [-0.15, -0.1) is 0 Å². The molecule has 0 aliphatic heterocycles. The Morgan fingerprint density at radius 1 is 1.56 bits per heavy atom. The van der Waals surface area contributed by atoms with Crippen molar-refractivity contribution in [3.63, 3.8) is 0 Å². The first-order valence-electron chi connectivity index (χ1n) is 4.23. The first-order valence-corrected chi connectivity index (χ1v) is 5.02. The molecule has 1 amide bonds. The lowest BCUT2D eigenvalue weighted by molar-refractivity contribution is -0.385. The van der Waals surface area contributed by atoms with Crippen LogP contribution in [0.1, 0.15) is 0 Å². The van der Waals surface area contributed by atoms with E-state index in [-0.39, 0.29) is 5.69 Å². The van der Waals surface area contributed by atoms with Gasteiger partial charge in [-0.1, -0.05) is 0 Å². The summed E-state index contributed by atoms with van der Waals surface area (Å²) in [6, 6.07) is 4.27. The largest absolute Gasteiger partial charge is 0.452 e. The molecule has 0 aliphatic rings. The monoisotopic (exact) mass is 288 g/mol. The zero-order valence-corrected chi connectivity index (χ0v) is 10.2. The van der Waals surface area contributed by atoms with Crippen LogP contribution < -0.4 is 4.90 Å². The molecule has 86 valence electrons. The van der Waals surface area contributed by atoms with Crippen molar-refractivity contribution in [2.75, 3.05) is 19.1 Å². The molecule has 0 bridgehead atoms. The highest BCUT2D eigenvalue weighted by atomic mass is 79.9. The number of benzene rings is 1. The third-order valence-corrected chi connectivity index (χ3v) is 2.60. The van der Waals surface area contributed by atoms with Gasteiger partial charge in [0.2, 0.25) is 0 Å². The molecule has 0 atom stereocenters. The Morgan fingerprint density at radius 2 is 2.19 bits per heavy atom. The fourth-order valence-electron chi connectivity index (χ4n) is 1.09. The third kappa shape index (κ3) is 2.48. The highest BCUT2D eigenvalue weighted by molar-refractivity contribution is 9.10. The summed E-state index contributed by atoms with van der Waals surface area (Å²) < 4.78 is 4.83. The van der Waals surface area contributed by atoms with Crippen molar-refractivity contribution in [3.8, 4) is 0 Å². The van der Waals surface area contributed by atoms with Gasteiger partial charge in [0.05, 0.1) is 16.5 Å². The molecule has 0 aliphatic carbocycles. The van der Waals surface area contributed by atoms with E-state index in [1.54, 1.807) is 0 Å².